The Balaban J connectivity index is 1.79. The first-order valence-corrected chi connectivity index (χ1v) is 9.78. The summed E-state index contributed by atoms with van der Waals surface area (Å²) < 4.78 is 0.924. The van der Waals surface area contributed by atoms with Crippen molar-refractivity contribution in [1.82, 2.24) is 4.90 Å². The number of piperazine rings is 1. The maximum Gasteiger partial charge on any atom is 0.255 e. The van der Waals surface area contributed by atoms with E-state index in [1.165, 1.54) is 0 Å². The highest BCUT2D eigenvalue weighted by atomic mass is 79.9. The molecule has 138 valence electrons. The molecule has 2 aromatic carbocycles. The predicted molar refractivity (Wildman–Crippen MR) is 112 cm³/mol. The topological polar surface area (TPSA) is 61.6 Å². The molecule has 0 saturated carbocycles. The second-order valence-electron chi connectivity index (χ2n) is 6.27. The Morgan fingerprint density at radius 1 is 1.19 bits per heavy atom. The number of amides is 1. The molecule has 7 heteroatoms. The summed E-state index contributed by atoms with van der Waals surface area (Å²) in [6.07, 6.45) is 0. The average Bonchev–Trinajstić information content (AvgIpc) is 2.64. The zero-order valence-electron chi connectivity index (χ0n) is 14.6. The van der Waals surface area contributed by atoms with Crippen LogP contribution >= 0.6 is 27.5 Å². The van der Waals surface area contributed by atoms with E-state index in [-0.39, 0.29) is 5.91 Å². The molecule has 3 rings (SSSR count). The van der Waals surface area contributed by atoms with E-state index >= 15 is 0 Å². The number of carbonyl (C=O) groups is 1. The molecule has 0 radical (unpaired) electrons. The van der Waals surface area contributed by atoms with Gasteiger partial charge in [-0.25, -0.2) is 0 Å². The van der Waals surface area contributed by atoms with E-state index in [0.29, 0.717) is 22.0 Å². The van der Waals surface area contributed by atoms with Crippen molar-refractivity contribution in [2.24, 2.45) is 0 Å². The fourth-order valence-electron chi connectivity index (χ4n) is 3.05. The minimum absolute atomic E-state index is 0.203. The number of benzene rings is 2. The van der Waals surface area contributed by atoms with E-state index in [1.54, 1.807) is 18.2 Å². The van der Waals surface area contributed by atoms with E-state index in [9.17, 15) is 4.79 Å². The number of nitrogens with zero attached hydrogens (tertiary/aromatic N) is 2. The van der Waals surface area contributed by atoms with Crippen molar-refractivity contribution in [3.63, 3.8) is 0 Å². The van der Waals surface area contributed by atoms with Gasteiger partial charge in [-0.3, -0.25) is 4.79 Å². The standard InChI is InChI=1S/C19H22BrClN4O/c1-2-24-7-9-25(10-8-24)18-12-17(15(21)11-16(18)22)23-19(26)13-3-5-14(20)6-4-13/h3-6,11-12H,2,7-10,22H2,1H3,(H,23,26). The van der Waals surface area contributed by atoms with Gasteiger partial charge in [0.05, 0.1) is 22.1 Å². The van der Waals surface area contributed by atoms with Crippen LogP contribution in [0, 0.1) is 0 Å². The van der Waals surface area contributed by atoms with Crippen LogP contribution in [0.1, 0.15) is 17.3 Å². The molecule has 26 heavy (non-hydrogen) atoms. The fourth-order valence-corrected chi connectivity index (χ4v) is 3.53. The number of halogens is 2. The molecule has 1 heterocycles. The number of hydrogen-bond acceptors (Lipinski definition) is 4. The number of nitrogens with one attached hydrogen (secondary N) is 1. The van der Waals surface area contributed by atoms with Crippen molar-refractivity contribution in [3.8, 4) is 0 Å². The SMILES string of the molecule is CCN1CCN(c2cc(NC(=O)c3ccc(Br)cc3)c(Cl)cc2N)CC1. The molecule has 0 aliphatic carbocycles. The predicted octanol–water partition coefficient (Wildman–Crippen LogP) is 4.08. The van der Waals surface area contributed by atoms with Gasteiger partial charge < -0.3 is 20.9 Å². The fraction of sp³-hybridized carbons (Fsp3) is 0.316. The van der Waals surface area contributed by atoms with Crippen molar-refractivity contribution in [3.05, 3.63) is 51.5 Å². The van der Waals surface area contributed by atoms with E-state index in [4.69, 9.17) is 17.3 Å². The number of likely N-dealkylation sites (N-methyl/N-ethyl adjacent to an activating group) is 1. The van der Waals surface area contributed by atoms with Crippen LogP contribution < -0.4 is 16.0 Å². The van der Waals surface area contributed by atoms with Gasteiger partial charge in [-0.2, -0.15) is 0 Å². The summed E-state index contributed by atoms with van der Waals surface area (Å²) in [4.78, 5) is 17.1. The first-order valence-electron chi connectivity index (χ1n) is 8.61. The summed E-state index contributed by atoms with van der Waals surface area (Å²) in [7, 11) is 0. The van der Waals surface area contributed by atoms with Gasteiger partial charge in [0.25, 0.3) is 5.91 Å². The Morgan fingerprint density at radius 2 is 1.85 bits per heavy atom. The number of nitrogen functional groups attached to an aromatic ring is 1. The van der Waals surface area contributed by atoms with Gasteiger partial charge in [0.1, 0.15) is 0 Å². The second-order valence-corrected chi connectivity index (χ2v) is 7.60. The third-order valence-electron chi connectivity index (χ3n) is 4.63. The molecule has 1 saturated heterocycles. The van der Waals surface area contributed by atoms with Gasteiger partial charge in [0.15, 0.2) is 0 Å². The molecule has 1 aliphatic rings. The van der Waals surface area contributed by atoms with Crippen LogP contribution in [0.5, 0.6) is 0 Å². The molecule has 5 nitrogen and oxygen atoms in total. The lowest BCUT2D eigenvalue weighted by Gasteiger charge is -2.36. The summed E-state index contributed by atoms with van der Waals surface area (Å²) in [5, 5.41) is 3.33. The average molecular weight is 438 g/mol. The number of anilines is 3. The van der Waals surface area contributed by atoms with Crippen molar-refractivity contribution in [1.29, 1.82) is 0 Å². The minimum Gasteiger partial charge on any atom is -0.397 e. The molecule has 2 aromatic rings. The van der Waals surface area contributed by atoms with Crippen LogP contribution in [0.25, 0.3) is 0 Å². The molecule has 1 amide bonds. The van der Waals surface area contributed by atoms with Crippen molar-refractivity contribution in [2.45, 2.75) is 6.92 Å². The van der Waals surface area contributed by atoms with Crippen molar-refractivity contribution in [2.75, 3.05) is 48.7 Å². The number of rotatable bonds is 4. The van der Waals surface area contributed by atoms with Gasteiger partial charge in [0.2, 0.25) is 0 Å². The van der Waals surface area contributed by atoms with Gasteiger partial charge >= 0.3 is 0 Å². The molecule has 0 bridgehead atoms. The normalized spacial score (nSPS) is 15.1. The summed E-state index contributed by atoms with van der Waals surface area (Å²) in [6, 6.07) is 10.8. The summed E-state index contributed by atoms with van der Waals surface area (Å²) in [6.45, 7) is 7.03. The van der Waals surface area contributed by atoms with E-state index in [0.717, 1.165) is 42.9 Å². The summed E-state index contributed by atoms with van der Waals surface area (Å²) in [5.74, 6) is -0.203. The molecular weight excluding hydrogens is 416 g/mol. The third kappa shape index (κ3) is 4.31. The summed E-state index contributed by atoms with van der Waals surface area (Å²) in [5.41, 5.74) is 8.87. The highest BCUT2D eigenvalue weighted by Gasteiger charge is 2.19. The van der Waals surface area contributed by atoms with Crippen LogP contribution in [-0.4, -0.2) is 43.5 Å². The van der Waals surface area contributed by atoms with Crippen molar-refractivity contribution >= 4 is 50.5 Å². The van der Waals surface area contributed by atoms with Gasteiger partial charge in [-0.1, -0.05) is 34.5 Å². The molecule has 0 spiro atoms. The highest BCUT2D eigenvalue weighted by Crippen LogP contribution is 2.34. The molecule has 1 aliphatic heterocycles. The van der Waals surface area contributed by atoms with Gasteiger partial charge in [-0.15, -0.1) is 0 Å². The van der Waals surface area contributed by atoms with E-state index in [2.05, 4.69) is 38.0 Å². The molecule has 0 unspecified atom stereocenters. The lowest BCUT2D eigenvalue weighted by Crippen LogP contribution is -2.46. The maximum atomic E-state index is 12.5. The van der Waals surface area contributed by atoms with E-state index < -0.39 is 0 Å². The summed E-state index contributed by atoms with van der Waals surface area (Å²) >= 11 is 9.68. The van der Waals surface area contributed by atoms with Crippen LogP contribution in [-0.2, 0) is 0 Å². The Morgan fingerprint density at radius 3 is 2.46 bits per heavy atom. The minimum atomic E-state index is -0.203. The zero-order valence-corrected chi connectivity index (χ0v) is 17.0. The second kappa shape index (κ2) is 8.29. The van der Waals surface area contributed by atoms with Crippen LogP contribution in [0.2, 0.25) is 5.02 Å². The number of carbonyl (C=O) groups excluding carboxylic acids is 1. The Hall–Kier alpha value is -1.76. The lowest BCUT2D eigenvalue weighted by atomic mass is 10.1. The number of hydrogen-bond donors (Lipinski definition) is 2. The molecule has 3 N–H and O–H groups in total. The molecule has 0 aromatic heterocycles. The molecular formula is C19H22BrClN4O. The monoisotopic (exact) mass is 436 g/mol. The van der Waals surface area contributed by atoms with Gasteiger partial charge in [0, 0.05) is 36.2 Å². The Kier molecular flexibility index (Phi) is 6.06. The third-order valence-corrected chi connectivity index (χ3v) is 5.47. The van der Waals surface area contributed by atoms with Crippen LogP contribution in [0.3, 0.4) is 0 Å². The number of nitrogens with two attached hydrogens (primary N) is 1. The smallest absolute Gasteiger partial charge is 0.255 e. The van der Waals surface area contributed by atoms with Crippen LogP contribution in [0.4, 0.5) is 17.1 Å². The van der Waals surface area contributed by atoms with Gasteiger partial charge in [-0.05, 0) is 42.9 Å². The first-order chi connectivity index (χ1) is 12.5. The maximum absolute atomic E-state index is 12.5. The Labute approximate surface area is 167 Å². The quantitative estimate of drug-likeness (QED) is 0.708. The molecule has 0 atom stereocenters. The highest BCUT2D eigenvalue weighted by molar-refractivity contribution is 9.10. The lowest BCUT2D eigenvalue weighted by molar-refractivity contribution is 0.102. The largest absolute Gasteiger partial charge is 0.397 e. The van der Waals surface area contributed by atoms with Crippen LogP contribution in [0.15, 0.2) is 40.9 Å². The van der Waals surface area contributed by atoms with E-state index in [1.807, 2.05) is 18.2 Å². The first kappa shape index (κ1) is 19.0. The van der Waals surface area contributed by atoms with Crippen molar-refractivity contribution < 1.29 is 4.79 Å². The zero-order chi connectivity index (χ0) is 18.7. The molecule has 1 fully saturated rings. The Bertz CT molecular complexity index is 789.